The zero-order valence-electron chi connectivity index (χ0n) is 21.0. The van der Waals surface area contributed by atoms with Crippen molar-refractivity contribution in [1.82, 2.24) is 19.7 Å². The number of halogens is 1. The van der Waals surface area contributed by atoms with Gasteiger partial charge in [0.25, 0.3) is 5.91 Å². The number of fused-ring (bicyclic) bond motifs is 4. The molecule has 3 heterocycles. The lowest BCUT2D eigenvalue weighted by molar-refractivity contribution is -0.133. The number of hydrogen-bond donors (Lipinski definition) is 2. The molecule has 2 aliphatic heterocycles. The van der Waals surface area contributed by atoms with Crippen molar-refractivity contribution < 1.29 is 23.8 Å². The quantitative estimate of drug-likeness (QED) is 0.484. The first-order chi connectivity index (χ1) is 17.2. The monoisotopic (exact) mass is 494 g/mol. The van der Waals surface area contributed by atoms with E-state index >= 15 is 4.39 Å². The molecule has 1 saturated heterocycles. The van der Waals surface area contributed by atoms with Crippen molar-refractivity contribution in [3.05, 3.63) is 59.0 Å². The highest BCUT2D eigenvalue weighted by molar-refractivity contribution is 6.08. The van der Waals surface area contributed by atoms with E-state index in [2.05, 4.69) is 9.88 Å². The number of nitrogens with one attached hydrogen (secondary N) is 1. The Morgan fingerprint density at radius 1 is 1.22 bits per heavy atom. The van der Waals surface area contributed by atoms with Gasteiger partial charge in [0, 0.05) is 36.1 Å². The fourth-order valence-electron chi connectivity index (χ4n) is 5.73. The normalized spacial score (nSPS) is 21.4. The van der Waals surface area contributed by atoms with Gasteiger partial charge in [0.05, 0.1) is 7.11 Å². The van der Waals surface area contributed by atoms with Crippen LogP contribution < -0.4 is 4.74 Å². The molecular formula is C27H31FN4O4. The number of rotatable bonds is 7. The van der Waals surface area contributed by atoms with Gasteiger partial charge in [-0.25, -0.2) is 9.18 Å². The molecular weight excluding hydrogens is 463 g/mol. The maximum Gasteiger partial charge on any atom is 0.328 e. The van der Waals surface area contributed by atoms with Crippen LogP contribution in [0.4, 0.5) is 9.18 Å². The van der Waals surface area contributed by atoms with Crippen LogP contribution in [0.1, 0.15) is 43.6 Å². The Morgan fingerprint density at radius 3 is 2.64 bits per heavy atom. The summed E-state index contributed by atoms with van der Waals surface area (Å²) in [6, 6.07) is 8.83. The van der Waals surface area contributed by atoms with E-state index in [0.29, 0.717) is 34.3 Å². The van der Waals surface area contributed by atoms with Crippen LogP contribution >= 0.6 is 0 Å². The van der Waals surface area contributed by atoms with Crippen molar-refractivity contribution in [1.29, 1.82) is 0 Å². The Labute approximate surface area is 209 Å². The molecule has 3 amide bonds. The van der Waals surface area contributed by atoms with Crippen molar-refractivity contribution in [2.75, 3.05) is 33.3 Å². The van der Waals surface area contributed by atoms with Crippen molar-refractivity contribution >= 4 is 22.8 Å². The number of carbonyl (C=O) groups is 2. The number of imide groups is 1. The van der Waals surface area contributed by atoms with Crippen LogP contribution in [-0.2, 0) is 11.2 Å². The topological polar surface area (TPSA) is 89.1 Å². The third-order valence-electron chi connectivity index (χ3n) is 7.67. The summed E-state index contributed by atoms with van der Waals surface area (Å²) in [4.78, 5) is 36.1. The zero-order valence-corrected chi connectivity index (χ0v) is 21.0. The highest BCUT2D eigenvalue weighted by atomic mass is 19.1. The van der Waals surface area contributed by atoms with Crippen LogP contribution in [0.15, 0.2) is 36.4 Å². The molecule has 0 bridgehead atoms. The molecule has 3 aromatic rings. The van der Waals surface area contributed by atoms with Gasteiger partial charge in [-0.15, -0.1) is 0 Å². The van der Waals surface area contributed by atoms with Gasteiger partial charge in [-0.2, -0.15) is 0 Å². The predicted molar refractivity (Wildman–Crippen MR) is 134 cm³/mol. The maximum atomic E-state index is 15.5. The molecule has 9 heteroatoms. The number of benzene rings is 2. The van der Waals surface area contributed by atoms with E-state index < -0.39 is 17.4 Å². The molecule has 36 heavy (non-hydrogen) atoms. The van der Waals surface area contributed by atoms with Crippen molar-refractivity contribution in [3.63, 3.8) is 0 Å². The van der Waals surface area contributed by atoms with E-state index in [4.69, 9.17) is 4.74 Å². The molecule has 1 fully saturated rings. The highest BCUT2D eigenvalue weighted by Gasteiger charge is 2.60. The number of H-pyrrole nitrogens is 1. The second-order valence-electron chi connectivity index (χ2n) is 9.61. The van der Waals surface area contributed by atoms with Crippen LogP contribution in [0.3, 0.4) is 0 Å². The lowest BCUT2D eigenvalue weighted by Crippen LogP contribution is -2.53. The van der Waals surface area contributed by atoms with Crippen LogP contribution in [-0.4, -0.2) is 75.6 Å². The number of hydrogen-bond acceptors (Lipinski definition) is 5. The van der Waals surface area contributed by atoms with Crippen molar-refractivity contribution in [2.24, 2.45) is 0 Å². The summed E-state index contributed by atoms with van der Waals surface area (Å²) in [5.41, 5.74) is 1.25. The third kappa shape index (κ3) is 3.44. The summed E-state index contributed by atoms with van der Waals surface area (Å²) in [5, 5.41) is 10.6. The van der Waals surface area contributed by atoms with Crippen molar-refractivity contribution in [3.8, 4) is 11.5 Å². The molecule has 0 unspecified atom stereocenters. The number of nitrogens with zero attached hydrogens (tertiary/aromatic N) is 3. The molecule has 0 saturated carbocycles. The fraction of sp³-hybridized carbons (Fsp3) is 0.407. The summed E-state index contributed by atoms with van der Waals surface area (Å²) in [5.74, 6) is -0.649. The second-order valence-corrected chi connectivity index (χ2v) is 9.61. The van der Waals surface area contributed by atoms with Crippen LogP contribution in [0, 0.1) is 5.82 Å². The number of aromatic nitrogens is 1. The lowest BCUT2D eigenvalue weighted by Gasteiger charge is -2.42. The average Bonchev–Trinajstić information content (AvgIpc) is 3.31. The summed E-state index contributed by atoms with van der Waals surface area (Å²) in [7, 11) is 1.41. The molecule has 2 aliphatic rings. The molecule has 0 radical (unpaired) electrons. The first-order valence-corrected chi connectivity index (χ1v) is 12.3. The Hall–Kier alpha value is -3.59. The standard InChI is InChI=1S/C27H31FN4O4/c1-5-30(6-2)12-13-31-25(34)27(3)15-18-21-19(10-11-20(36-4)22(21)28)29-23(18)24(32(27)26(31)35)16-8-7-9-17(33)14-16/h7-11,14,24,29,33H,5-6,12-13,15H2,1-4H3/t24-,27+/m1/s1. The van der Waals surface area contributed by atoms with Crippen LogP contribution in [0.5, 0.6) is 11.5 Å². The summed E-state index contributed by atoms with van der Waals surface area (Å²) in [6.45, 7) is 8.31. The third-order valence-corrected chi connectivity index (χ3v) is 7.67. The Bertz CT molecular complexity index is 1350. The van der Waals surface area contributed by atoms with Gasteiger partial charge < -0.3 is 19.7 Å². The maximum absolute atomic E-state index is 15.5. The van der Waals surface area contributed by atoms with E-state index in [1.54, 1.807) is 48.2 Å². The largest absolute Gasteiger partial charge is 0.508 e. The molecule has 2 atom stereocenters. The number of methoxy groups -OCH3 is 1. The first-order valence-electron chi connectivity index (χ1n) is 12.3. The molecule has 8 nitrogen and oxygen atoms in total. The van der Waals surface area contributed by atoms with Gasteiger partial charge >= 0.3 is 6.03 Å². The van der Waals surface area contributed by atoms with Gasteiger partial charge in [0.2, 0.25) is 0 Å². The van der Waals surface area contributed by atoms with E-state index in [-0.39, 0.29) is 36.4 Å². The van der Waals surface area contributed by atoms with Gasteiger partial charge in [-0.1, -0.05) is 26.0 Å². The lowest BCUT2D eigenvalue weighted by atomic mass is 9.81. The SMILES string of the molecule is CCN(CC)CCN1C(=O)N2[C@H](c3cccc(O)c3)c3[nH]c4ccc(OC)c(F)c4c3C[C@@]2(C)C1=O. The van der Waals surface area contributed by atoms with Gasteiger partial charge in [0.15, 0.2) is 11.6 Å². The van der Waals surface area contributed by atoms with Gasteiger partial charge in [0.1, 0.15) is 17.3 Å². The molecule has 0 spiro atoms. The number of phenols is 1. The molecule has 2 aromatic carbocycles. The van der Waals surface area contributed by atoms with E-state index in [0.717, 1.165) is 13.1 Å². The molecule has 1 aromatic heterocycles. The number of likely N-dealkylation sites (N-methyl/N-ethyl adjacent to an activating group) is 1. The minimum Gasteiger partial charge on any atom is -0.508 e. The number of ether oxygens (including phenoxy) is 1. The van der Waals surface area contributed by atoms with Gasteiger partial charge in [-0.3, -0.25) is 14.6 Å². The van der Waals surface area contributed by atoms with E-state index in [1.807, 2.05) is 13.8 Å². The number of amides is 3. The molecule has 2 N–H and O–H groups in total. The van der Waals surface area contributed by atoms with E-state index in [1.165, 1.54) is 12.0 Å². The minimum absolute atomic E-state index is 0.0432. The van der Waals surface area contributed by atoms with Crippen molar-refractivity contribution in [2.45, 2.75) is 38.8 Å². The summed E-state index contributed by atoms with van der Waals surface area (Å²) in [6.07, 6.45) is 0.161. The number of aromatic amines is 1. The number of aromatic hydroxyl groups is 1. The first kappa shape index (κ1) is 24.1. The van der Waals surface area contributed by atoms with E-state index in [9.17, 15) is 14.7 Å². The smallest absolute Gasteiger partial charge is 0.328 e. The zero-order chi connectivity index (χ0) is 25.8. The van der Waals surface area contributed by atoms with Crippen LogP contribution in [0.2, 0.25) is 0 Å². The molecule has 5 rings (SSSR count). The average molecular weight is 495 g/mol. The summed E-state index contributed by atoms with van der Waals surface area (Å²) < 4.78 is 20.7. The highest BCUT2D eigenvalue weighted by Crippen LogP contribution is 2.49. The second kappa shape index (κ2) is 8.81. The minimum atomic E-state index is -1.21. The number of phenolic OH excluding ortho intramolecular Hbond substituents is 1. The van der Waals surface area contributed by atoms with Crippen LogP contribution in [0.25, 0.3) is 10.9 Å². The number of carbonyl (C=O) groups excluding carboxylic acids is 2. The summed E-state index contributed by atoms with van der Waals surface area (Å²) >= 11 is 0. The fourth-order valence-corrected chi connectivity index (χ4v) is 5.73. The molecule has 190 valence electrons. The number of urea groups is 1. The van der Waals surface area contributed by atoms with Gasteiger partial charge in [-0.05, 0) is 55.4 Å². The predicted octanol–water partition coefficient (Wildman–Crippen LogP) is 4.03. The Morgan fingerprint density at radius 2 is 1.97 bits per heavy atom. The Balaban J connectivity index is 1.68. The Kier molecular flexibility index (Phi) is 5.90. The molecule has 0 aliphatic carbocycles.